The van der Waals surface area contributed by atoms with E-state index in [-0.39, 0.29) is 10.6 Å². The largest absolute Gasteiger partial charge is 0.366 e. The third-order valence-electron chi connectivity index (χ3n) is 3.92. The Morgan fingerprint density at radius 1 is 1.14 bits per heavy atom. The van der Waals surface area contributed by atoms with Crippen LogP contribution >= 0.6 is 0 Å². The lowest BCUT2D eigenvalue weighted by atomic mass is 10.1. The van der Waals surface area contributed by atoms with Crippen molar-refractivity contribution >= 4 is 21.4 Å². The van der Waals surface area contributed by atoms with Gasteiger partial charge in [0.1, 0.15) is 5.69 Å². The van der Waals surface area contributed by atoms with Gasteiger partial charge in [0, 0.05) is 19.2 Å². The molecule has 1 heterocycles. The van der Waals surface area contributed by atoms with Crippen LogP contribution in [0.15, 0.2) is 23.1 Å². The quantitative estimate of drug-likeness (QED) is 0.676. The van der Waals surface area contributed by atoms with Crippen molar-refractivity contribution < 1.29 is 13.3 Å². The molecule has 1 aromatic rings. The minimum atomic E-state index is -3.69. The zero-order chi connectivity index (χ0) is 16.2. The van der Waals surface area contributed by atoms with Crippen LogP contribution in [0.25, 0.3) is 0 Å². The summed E-state index contributed by atoms with van der Waals surface area (Å²) in [7, 11) is -2.40. The summed E-state index contributed by atoms with van der Waals surface area (Å²) in [5.41, 5.74) is 0.346. The first-order valence-corrected chi connectivity index (χ1v) is 8.91. The highest BCUT2D eigenvalue weighted by Crippen LogP contribution is 2.32. The summed E-state index contributed by atoms with van der Waals surface area (Å²) in [5, 5.41) is 11.3. The zero-order valence-corrected chi connectivity index (χ0v) is 13.4. The molecule has 0 amide bonds. The van der Waals surface area contributed by atoms with Crippen molar-refractivity contribution in [1.29, 1.82) is 0 Å². The average Bonchev–Trinajstić information content (AvgIpc) is 2.46. The number of nitrogens with zero attached hydrogens (tertiary/aromatic N) is 2. The van der Waals surface area contributed by atoms with Crippen LogP contribution in [0.4, 0.5) is 11.4 Å². The van der Waals surface area contributed by atoms with Crippen LogP contribution in [0.5, 0.6) is 0 Å². The summed E-state index contributed by atoms with van der Waals surface area (Å²) in [6, 6.07) is 4.11. The Hall–Kier alpha value is -1.67. The fraction of sp³-hybridized carbons (Fsp3) is 0.571. The van der Waals surface area contributed by atoms with Crippen molar-refractivity contribution in [1.82, 2.24) is 4.72 Å². The second-order valence-electron chi connectivity index (χ2n) is 5.37. The summed E-state index contributed by atoms with van der Waals surface area (Å²) < 4.78 is 25.8. The van der Waals surface area contributed by atoms with Crippen molar-refractivity contribution in [2.45, 2.75) is 37.0 Å². The molecule has 2 rings (SSSR count). The van der Waals surface area contributed by atoms with Crippen molar-refractivity contribution in [3.63, 3.8) is 0 Å². The molecule has 0 radical (unpaired) electrons. The minimum absolute atomic E-state index is 0.0857. The Balaban J connectivity index is 2.40. The highest BCUT2D eigenvalue weighted by molar-refractivity contribution is 7.89. The van der Waals surface area contributed by atoms with Gasteiger partial charge in [-0.3, -0.25) is 10.1 Å². The Kier molecular flexibility index (Phi) is 5.36. The van der Waals surface area contributed by atoms with Gasteiger partial charge >= 0.3 is 0 Å². The fourth-order valence-corrected chi connectivity index (χ4v) is 3.44. The molecule has 0 saturated carbocycles. The van der Waals surface area contributed by atoms with E-state index in [1.807, 2.05) is 4.90 Å². The van der Waals surface area contributed by atoms with Crippen LogP contribution in [0.2, 0.25) is 0 Å². The van der Waals surface area contributed by atoms with E-state index in [4.69, 9.17) is 0 Å². The number of benzene rings is 1. The van der Waals surface area contributed by atoms with Crippen LogP contribution < -0.4 is 9.62 Å². The van der Waals surface area contributed by atoms with Gasteiger partial charge in [-0.15, -0.1) is 0 Å². The second-order valence-corrected chi connectivity index (χ2v) is 7.26. The van der Waals surface area contributed by atoms with E-state index in [1.54, 1.807) is 6.07 Å². The van der Waals surface area contributed by atoms with Crippen molar-refractivity contribution in [3.05, 3.63) is 28.3 Å². The SMILES string of the molecule is CNS(=O)(=O)c1ccc(N2CCCCCCC2)c([N+](=O)[O-])c1. The van der Waals surface area contributed by atoms with Gasteiger partial charge in [-0.1, -0.05) is 19.3 Å². The third-order valence-corrected chi connectivity index (χ3v) is 5.33. The van der Waals surface area contributed by atoms with Crippen LogP contribution in [0.1, 0.15) is 32.1 Å². The van der Waals surface area contributed by atoms with Gasteiger partial charge in [0.25, 0.3) is 5.69 Å². The predicted molar refractivity (Wildman–Crippen MR) is 84.6 cm³/mol. The highest BCUT2D eigenvalue weighted by Gasteiger charge is 2.23. The number of sulfonamides is 1. The Morgan fingerprint density at radius 2 is 1.73 bits per heavy atom. The summed E-state index contributed by atoms with van der Waals surface area (Å²) in [6.07, 6.45) is 5.43. The number of rotatable bonds is 4. The predicted octanol–water partition coefficient (Wildman–Crippen LogP) is 2.27. The van der Waals surface area contributed by atoms with Gasteiger partial charge in [0.2, 0.25) is 10.0 Å². The highest BCUT2D eigenvalue weighted by atomic mass is 32.2. The van der Waals surface area contributed by atoms with E-state index in [9.17, 15) is 18.5 Å². The molecule has 0 bridgehead atoms. The summed E-state index contributed by atoms with van der Waals surface area (Å²) in [4.78, 5) is 12.7. The normalized spacial score (nSPS) is 16.9. The maximum Gasteiger partial charge on any atom is 0.293 e. The third kappa shape index (κ3) is 3.75. The summed E-state index contributed by atoms with van der Waals surface area (Å²) >= 11 is 0. The minimum Gasteiger partial charge on any atom is -0.366 e. The van der Waals surface area contributed by atoms with Crippen LogP contribution in [-0.4, -0.2) is 33.5 Å². The Bertz CT molecular complexity index is 637. The molecule has 0 spiro atoms. The molecule has 1 aliphatic rings. The number of nitrogens with one attached hydrogen (secondary N) is 1. The number of hydrogen-bond acceptors (Lipinski definition) is 5. The number of nitro groups is 1. The average molecular weight is 327 g/mol. The molecule has 0 atom stereocenters. The smallest absolute Gasteiger partial charge is 0.293 e. The molecule has 1 saturated heterocycles. The van der Waals surface area contributed by atoms with E-state index in [1.165, 1.54) is 19.5 Å². The van der Waals surface area contributed by atoms with Gasteiger partial charge in [-0.05, 0) is 32.0 Å². The van der Waals surface area contributed by atoms with Crippen LogP contribution in [0, 0.1) is 10.1 Å². The van der Waals surface area contributed by atoms with Crippen molar-refractivity contribution in [2.75, 3.05) is 25.0 Å². The Morgan fingerprint density at radius 3 is 2.27 bits per heavy atom. The van der Waals surface area contributed by atoms with E-state index in [2.05, 4.69) is 4.72 Å². The maximum atomic E-state index is 11.8. The van der Waals surface area contributed by atoms with E-state index in [0.29, 0.717) is 5.69 Å². The Labute approximate surface area is 130 Å². The van der Waals surface area contributed by atoms with Gasteiger partial charge in [-0.25, -0.2) is 13.1 Å². The van der Waals surface area contributed by atoms with Gasteiger partial charge < -0.3 is 4.90 Å². The lowest BCUT2D eigenvalue weighted by Gasteiger charge is -2.26. The molecule has 8 heteroatoms. The van der Waals surface area contributed by atoms with Crippen molar-refractivity contribution in [3.8, 4) is 0 Å². The van der Waals surface area contributed by atoms with Gasteiger partial charge in [0.05, 0.1) is 9.82 Å². The molecule has 1 aromatic carbocycles. The first kappa shape index (κ1) is 16.7. The lowest BCUT2D eigenvalue weighted by molar-refractivity contribution is -0.384. The zero-order valence-electron chi connectivity index (χ0n) is 12.6. The number of nitro benzene ring substituents is 1. The summed E-state index contributed by atoms with van der Waals surface area (Å²) in [5.74, 6) is 0. The topological polar surface area (TPSA) is 92.6 Å². The monoisotopic (exact) mass is 327 g/mol. The number of anilines is 1. The number of hydrogen-bond donors (Lipinski definition) is 1. The van der Waals surface area contributed by atoms with E-state index >= 15 is 0 Å². The molecule has 0 aliphatic carbocycles. The molecule has 1 N–H and O–H groups in total. The summed E-state index contributed by atoms with van der Waals surface area (Å²) in [6.45, 7) is 1.53. The molecule has 1 aliphatic heterocycles. The molecule has 0 unspecified atom stereocenters. The molecule has 1 fully saturated rings. The van der Waals surface area contributed by atoms with Crippen LogP contribution in [0.3, 0.4) is 0 Å². The molecule has 22 heavy (non-hydrogen) atoms. The standard InChI is InChI=1S/C14H21N3O4S/c1-15-22(20,21)12-7-8-13(14(11-12)17(18)19)16-9-5-3-2-4-6-10-16/h7-8,11,15H,2-6,9-10H2,1H3. The van der Waals surface area contributed by atoms with Crippen molar-refractivity contribution in [2.24, 2.45) is 0 Å². The van der Waals surface area contributed by atoms with Gasteiger partial charge in [0.15, 0.2) is 0 Å². The second kappa shape index (κ2) is 7.06. The molecular formula is C14H21N3O4S. The molecular weight excluding hydrogens is 306 g/mol. The van der Waals surface area contributed by atoms with Crippen LogP contribution in [-0.2, 0) is 10.0 Å². The fourth-order valence-electron chi connectivity index (χ4n) is 2.69. The first-order chi connectivity index (χ1) is 10.5. The van der Waals surface area contributed by atoms with E-state index in [0.717, 1.165) is 44.8 Å². The van der Waals surface area contributed by atoms with E-state index < -0.39 is 14.9 Å². The maximum absolute atomic E-state index is 11.8. The molecule has 0 aromatic heterocycles. The van der Waals surface area contributed by atoms with Gasteiger partial charge in [-0.2, -0.15) is 0 Å². The molecule has 122 valence electrons. The first-order valence-electron chi connectivity index (χ1n) is 7.42. The lowest BCUT2D eigenvalue weighted by Crippen LogP contribution is -2.28. The molecule has 7 nitrogen and oxygen atoms in total.